The minimum Gasteiger partial charge on any atom is -0.761 e. The molecule has 0 saturated carbocycles. The van der Waals surface area contributed by atoms with Crippen LogP contribution in [0, 0.1) is 5.21 Å². The summed E-state index contributed by atoms with van der Waals surface area (Å²) in [5.41, 5.74) is 10.1. The standard InChI is InChI=1S/C19H27N4O4/c20-17(13-27-12-15-4-2-1-3-5-15)19(25)22-11-18(24)21-10-14-6-8-16(23-26)9-7-14/h2,4-9,17,19,22-23,25H,1,3,10-13,20H2,(H,21,24)/q-1. The fraction of sp³-hybridized carbons (Fsp3) is 0.421. The van der Waals surface area contributed by atoms with Gasteiger partial charge >= 0.3 is 0 Å². The molecule has 2 rings (SSSR count). The molecule has 2 unspecified atom stereocenters. The smallest absolute Gasteiger partial charge is 0.234 e. The first-order valence-electron chi connectivity index (χ1n) is 8.92. The summed E-state index contributed by atoms with van der Waals surface area (Å²) in [6.45, 7) is 0.898. The van der Waals surface area contributed by atoms with Crippen LogP contribution in [0.25, 0.3) is 0 Å². The van der Waals surface area contributed by atoms with E-state index in [1.165, 1.54) is 0 Å². The molecule has 8 heteroatoms. The number of allylic oxidation sites excluding steroid dienone is 2. The van der Waals surface area contributed by atoms with Gasteiger partial charge in [0, 0.05) is 12.2 Å². The van der Waals surface area contributed by atoms with Crippen LogP contribution in [0.4, 0.5) is 5.69 Å². The third-order valence-corrected chi connectivity index (χ3v) is 4.09. The van der Waals surface area contributed by atoms with Gasteiger partial charge in [0.1, 0.15) is 6.23 Å². The fourth-order valence-corrected chi connectivity index (χ4v) is 2.48. The van der Waals surface area contributed by atoms with Crippen LogP contribution in [-0.2, 0) is 16.1 Å². The average Bonchev–Trinajstić information content (AvgIpc) is 2.71. The molecule has 0 fully saturated rings. The van der Waals surface area contributed by atoms with Crippen molar-refractivity contribution < 1.29 is 14.6 Å². The van der Waals surface area contributed by atoms with Gasteiger partial charge in [-0.25, -0.2) is 0 Å². The van der Waals surface area contributed by atoms with Crippen molar-refractivity contribution in [2.24, 2.45) is 5.73 Å². The molecule has 0 spiro atoms. The number of nitrogens with one attached hydrogen (secondary N) is 3. The summed E-state index contributed by atoms with van der Waals surface area (Å²) in [5.74, 6) is -0.273. The van der Waals surface area contributed by atoms with Gasteiger partial charge in [-0.05, 0) is 36.1 Å². The Bertz CT molecular complexity index is 646. The van der Waals surface area contributed by atoms with E-state index in [0.717, 1.165) is 24.0 Å². The predicted molar refractivity (Wildman–Crippen MR) is 105 cm³/mol. The highest BCUT2D eigenvalue weighted by Gasteiger charge is 2.15. The zero-order valence-corrected chi connectivity index (χ0v) is 15.2. The Morgan fingerprint density at radius 1 is 1.30 bits per heavy atom. The zero-order valence-electron chi connectivity index (χ0n) is 15.2. The Morgan fingerprint density at radius 2 is 2.07 bits per heavy atom. The van der Waals surface area contributed by atoms with E-state index in [-0.39, 0.29) is 19.1 Å². The Balaban J connectivity index is 1.60. The first-order valence-corrected chi connectivity index (χ1v) is 8.92. The van der Waals surface area contributed by atoms with Crippen LogP contribution in [0.15, 0.2) is 48.1 Å². The van der Waals surface area contributed by atoms with Crippen molar-refractivity contribution in [2.45, 2.75) is 31.7 Å². The van der Waals surface area contributed by atoms with Gasteiger partial charge in [0.15, 0.2) is 0 Å². The molecular formula is C19H27N4O4-. The normalized spacial score (nSPS) is 15.7. The third kappa shape index (κ3) is 7.90. The molecule has 6 N–H and O–H groups in total. The van der Waals surface area contributed by atoms with Gasteiger partial charge in [-0.3, -0.25) is 10.1 Å². The van der Waals surface area contributed by atoms with E-state index in [4.69, 9.17) is 10.5 Å². The molecule has 0 radical (unpaired) electrons. The average molecular weight is 375 g/mol. The molecule has 8 nitrogen and oxygen atoms in total. The Kier molecular flexibility index (Phi) is 8.96. The van der Waals surface area contributed by atoms with Crippen molar-refractivity contribution in [3.05, 3.63) is 58.8 Å². The number of rotatable bonds is 11. The summed E-state index contributed by atoms with van der Waals surface area (Å²) in [7, 11) is 0. The molecule has 148 valence electrons. The van der Waals surface area contributed by atoms with Crippen molar-refractivity contribution in [1.29, 1.82) is 0 Å². The van der Waals surface area contributed by atoms with Gasteiger partial charge in [0.25, 0.3) is 0 Å². The van der Waals surface area contributed by atoms with Gasteiger partial charge in [-0.1, -0.05) is 30.4 Å². The third-order valence-electron chi connectivity index (χ3n) is 4.09. The van der Waals surface area contributed by atoms with Crippen LogP contribution in [0.3, 0.4) is 0 Å². The lowest BCUT2D eigenvalue weighted by Gasteiger charge is -2.20. The van der Waals surface area contributed by atoms with Gasteiger partial charge in [-0.2, -0.15) is 0 Å². The summed E-state index contributed by atoms with van der Waals surface area (Å²) >= 11 is 0. The highest BCUT2D eigenvalue weighted by atomic mass is 16.5. The van der Waals surface area contributed by atoms with Crippen LogP contribution in [-0.4, -0.2) is 43.0 Å². The summed E-state index contributed by atoms with van der Waals surface area (Å²) in [6.07, 6.45) is 7.27. The summed E-state index contributed by atoms with van der Waals surface area (Å²) in [5, 5.41) is 25.9. The van der Waals surface area contributed by atoms with Crippen LogP contribution in [0.1, 0.15) is 18.4 Å². The van der Waals surface area contributed by atoms with E-state index in [1.54, 1.807) is 29.7 Å². The fourth-order valence-electron chi connectivity index (χ4n) is 2.48. The number of ether oxygens (including phenoxy) is 1. The van der Waals surface area contributed by atoms with Crippen molar-refractivity contribution >= 4 is 11.6 Å². The van der Waals surface area contributed by atoms with E-state index >= 15 is 0 Å². The van der Waals surface area contributed by atoms with Gasteiger partial charge in [-0.15, -0.1) is 0 Å². The molecular weight excluding hydrogens is 348 g/mol. The van der Waals surface area contributed by atoms with Gasteiger partial charge in [0.2, 0.25) is 5.91 Å². The van der Waals surface area contributed by atoms with Crippen molar-refractivity contribution in [2.75, 3.05) is 25.2 Å². The monoisotopic (exact) mass is 375 g/mol. The molecule has 1 aliphatic carbocycles. The predicted octanol–water partition coefficient (Wildman–Crippen LogP) is 0.741. The molecule has 27 heavy (non-hydrogen) atoms. The maximum Gasteiger partial charge on any atom is 0.234 e. The minimum atomic E-state index is -1.05. The SMILES string of the molecule is NC(COCC1=CCCC=C1)C(O)NCC(=O)NCc1ccc(N[O-])cc1. The van der Waals surface area contributed by atoms with Crippen molar-refractivity contribution in [3.63, 3.8) is 0 Å². The Labute approximate surface area is 159 Å². The zero-order chi connectivity index (χ0) is 19.5. The Hall–Kier alpha value is -2.23. The second-order valence-corrected chi connectivity index (χ2v) is 6.34. The first kappa shape index (κ1) is 21.1. The number of aliphatic hydroxyl groups is 1. The van der Waals surface area contributed by atoms with Crippen molar-refractivity contribution in [3.8, 4) is 0 Å². The number of aliphatic hydroxyl groups excluding tert-OH is 1. The molecule has 0 aliphatic heterocycles. The lowest BCUT2D eigenvalue weighted by molar-refractivity contribution is -0.121. The van der Waals surface area contributed by atoms with Crippen LogP contribution in [0.5, 0.6) is 0 Å². The van der Waals surface area contributed by atoms with E-state index < -0.39 is 12.3 Å². The highest BCUT2D eigenvalue weighted by Crippen LogP contribution is 2.10. The molecule has 0 bridgehead atoms. The van der Waals surface area contributed by atoms with Gasteiger partial charge in [0.05, 0.1) is 25.8 Å². The number of hydrogen-bond donors (Lipinski definition) is 5. The number of benzene rings is 1. The molecule has 1 aliphatic rings. The molecule has 1 amide bonds. The summed E-state index contributed by atoms with van der Waals surface area (Å²) in [4.78, 5) is 11.9. The summed E-state index contributed by atoms with van der Waals surface area (Å²) < 4.78 is 5.51. The maximum absolute atomic E-state index is 11.9. The molecule has 1 aromatic carbocycles. The Morgan fingerprint density at radius 3 is 2.74 bits per heavy atom. The summed E-state index contributed by atoms with van der Waals surface area (Å²) in [6, 6.07) is 6.11. The lowest BCUT2D eigenvalue weighted by atomic mass is 10.1. The van der Waals surface area contributed by atoms with Gasteiger partial charge < -0.3 is 31.6 Å². The number of carbonyl (C=O) groups excluding carboxylic acids is 1. The molecule has 0 heterocycles. The second-order valence-electron chi connectivity index (χ2n) is 6.34. The largest absolute Gasteiger partial charge is 0.761 e. The highest BCUT2D eigenvalue weighted by molar-refractivity contribution is 5.78. The molecule has 1 aromatic rings. The molecule has 0 aromatic heterocycles. The lowest BCUT2D eigenvalue weighted by Crippen LogP contribution is -2.50. The maximum atomic E-state index is 11.9. The second kappa shape index (κ2) is 11.5. The van der Waals surface area contributed by atoms with Crippen molar-refractivity contribution in [1.82, 2.24) is 10.6 Å². The number of nitrogens with two attached hydrogens (primary N) is 1. The molecule has 0 saturated heterocycles. The quantitative estimate of drug-likeness (QED) is 0.285. The number of hydrogen-bond acceptors (Lipinski definition) is 7. The van der Waals surface area contributed by atoms with E-state index in [0.29, 0.717) is 18.8 Å². The minimum absolute atomic E-state index is 0.0665. The number of anilines is 1. The van der Waals surface area contributed by atoms with E-state index in [2.05, 4.69) is 22.8 Å². The van der Waals surface area contributed by atoms with E-state index in [1.807, 2.05) is 6.08 Å². The molecule has 2 atom stereocenters. The first-order chi connectivity index (χ1) is 13.1. The van der Waals surface area contributed by atoms with Crippen LogP contribution < -0.4 is 21.8 Å². The van der Waals surface area contributed by atoms with Crippen LogP contribution >= 0.6 is 0 Å². The van der Waals surface area contributed by atoms with E-state index in [9.17, 15) is 15.1 Å². The number of carbonyl (C=O) groups is 1. The topological polar surface area (TPSA) is 132 Å². The van der Waals surface area contributed by atoms with Crippen LogP contribution in [0.2, 0.25) is 0 Å². The number of amides is 1.